The molecule has 2 N–H and O–H groups in total. The van der Waals surface area contributed by atoms with E-state index in [1.807, 2.05) is 5.38 Å². The summed E-state index contributed by atoms with van der Waals surface area (Å²) in [6, 6.07) is 0. The first kappa shape index (κ1) is 27.2. The SMILES string of the molecule is CCOC(=O)C1=C(CN2CCC(C)(F)C(CN(C=O)CC3(C(=O)O)CCC3)C2)NC(c2nccs2)=NC1. The molecular formula is C25H34FN5O5S. The zero-order valence-corrected chi connectivity index (χ0v) is 22.1. The van der Waals surface area contributed by atoms with Crippen LogP contribution in [0.5, 0.6) is 0 Å². The molecule has 2 fully saturated rings. The predicted molar refractivity (Wildman–Crippen MR) is 136 cm³/mol. The number of carboxylic acid groups (broad SMARTS) is 1. The number of alkyl halides is 1. The Morgan fingerprint density at radius 2 is 2.19 bits per heavy atom. The standard InChI is InChI=1S/C25H34FN5O5S/c1-3-36-22(33)18-11-28-20(21-27-8-10-37-21)29-19(18)14-30-9-7-24(2,26)17(12-30)13-31(16-32)15-25(23(34)35)5-4-6-25/h8,10,16-17H,3-7,9,11-15H2,1-2H3,(H,28,29)(H,34,35). The van der Waals surface area contributed by atoms with Crippen LogP contribution in [0.25, 0.3) is 0 Å². The van der Waals surface area contributed by atoms with Crippen LogP contribution in [0.1, 0.15) is 44.5 Å². The number of amidine groups is 1. The zero-order chi connectivity index (χ0) is 26.6. The number of amides is 1. The number of hydrogen-bond acceptors (Lipinski definition) is 9. The zero-order valence-electron chi connectivity index (χ0n) is 21.2. The van der Waals surface area contributed by atoms with Gasteiger partial charge in [0.2, 0.25) is 6.41 Å². The molecule has 1 saturated heterocycles. The van der Waals surface area contributed by atoms with E-state index in [-0.39, 0.29) is 32.7 Å². The topological polar surface area (TPSA) is 124 Å². The molecule has 1 saturated carbocycles. The van der Waals surface area contributed by atoms with Crippen LogP contribution in [-0.2, 0) is 19.1 Å². The molecule has 0 aromatic carbocycles. The van der Waals surface area contributed by atoms with Gasteiger partial charge in [-0.3, -0.25) is 19.5 Å². The second kappa shape index (κ2) is 11.3. The number of aromatic nitrogens is 1. The first-order valence-corrected chi connectivity index (χ1v) is 13.5. The Morgan fingerprint density at radius 3 is 2.78 bits per heavy atom. The van der Waals surface area contributed by atoms with E-state index >= 15 is 4.39 Å². The Labute approximate surface area is 219 Å². The van der Waals surface area contributed by atoms with Crippen LogP contribution in [0.4, 0.5) is 4.39 Å². The van der Waals surface area contributed by atoms with Crippen molar-refractivity contribution in [3.8, 4) is 0 Å². The van der Waals surface area contributed by atoms with E-state index in [9.17, 15) is 19.5 Å². The number of piperidine rings is 1. The Bertz CT molecular complexity index is 1070. The summed E-state index contributed by atoms with van der Waals surface area (Å²) < 4.78 is 20.9. The van der Waals surface area contributed by atoms with Gasteiger partial charge in [0.15, 0.2) is 10.8 Å². The number of thiazole rings is 1. The summed E-state index contributed by atoms with van der Waals surface area (Å²) in [5.41, 5.74) is -1.37. The fraction of sp³-hybridized carbons (Fsp3) is 0.640. The fourth-order valence-corrected chi connectivity index (χ4v) is 5.76. The normalized spacial score (nSPS) is 25.5. The van der Waals surface area contributed by atoms with Gasteiger partial charge in [-0.15, -0.1) is 11.3 Å². The van der Waals surface area contributed by atoms with Crippen LogP contribution in [0.15, 0.2) is 27.8 Å². The predicted octanol–water partition coefficient (Wildman–Crippen LogP) is 2.07. The highest BCUT2D eigenvalue weighted by Crippen LogP contribution is 2.42. The third-order valence-electron chi connectivity index (χ3n) is 7.69. The number of carboxylic acids is 1. The van der Waals surface area contributed by atoms with Crippen molar-refractivity contribution in [2.75, 3.05) is 45.9 Å². The van der Waals surface area contributed by atoms with Gasteiger partial charge in [0, 0.05) is 55.9 Å². The van der Waals surface area contributed by atoms with E-state index in [1.165, 1.54) is 16.2 Å². The van der Waals surface area contributed by atoms with E-state index in [2.05, 4.69) is 20.2 Å². The maximum Gasteiger partial charge on any atom is 0.337 e. The Balaban J connectivity index is 1.48. The van der Waals surface area contributed by atoms with Crippen LogP contribution in [0, 0.1) is 11.3 Å². The molecule has 37 heavy (non-hydrogen) atoms. The second-order valence-corrected chi connectivity index (χ2v) is 11.1. The minimum Gasteiger partial charge on any atom is -0.481 e. The average Bonchev–Trinajstić information content (AvgIpc) is 3.37. The lowest BCUT2D eigenvalue weighted by Gasteiger charge is -2.45. The summed E-state index contributed by atoms with van der Waals surface area (Å²) in [5, 5.41) is 15.5. The van der Waals surface area contributed by atoms with Crippen molar-refractivity contribution in [3.63, 3.8) is 0 Å². The lowest BCUT2D eigenvalue weighted by atomic mass is 9.68. The summed E-state index contributed by atoms with van der Waals surface area (Å²) in [4.78, 5) is 48.6. The molecule has 2 aliphatic heterocycles. The Morgan fingerprint density at radius 1 is 1.41 bits per heavy atom. The molecule has 2 unspecified atom stereocenters. The number of aliphatic carboxylic acids is 1. The van der Waals surface area contributed by atoms with Crippen LogP contribution >= 0.6 is 11.3 Å². The van der Waals surface area contributed by atoms with Crippen molar-refractivity contribution in [3.05, 3.63) is 27.9 Å². The van der Waals surface area contributed by atoms with Crippen LogP contribution in [-0.4, -0.2) is 95.6 Å². The number of nitrogens with zero attached hydrogens (tertiary/aromatic N) is 4. The van der Waals surface area contributed by atoms with Crippen molar-refractivity contribution < 1.29 is 28.6 Å². The molecule has 0 bridgehead atoms. The molecule has 3 heterocycles. The van der Waals surface area contributed by atoms with E-state index in [1.54, 1.807) is 20.0 Å². The van der Waals surface area contributed by atoms with Crippen molar-refractivity contribution in [1.82, 2.24) is 20.1 Å². The summed E-state index contributed by atoms with van der Waals surface area (Å²) in [6.07, 6.45) is 4.44. The maximum absolute atomic E-state index is 15.6. The number of aliphatic imine (C=N–C) groups is 1. The third kappa shape index (κ3) is 6.01. The van der Waals surface area contributed by atoms with Gasteiger partial charge in [-0.1, -0.05) is 6.42 Å². The number of halogens is 1. The van der Waals surface area contributed by atoms with Gasteiger partial charge >= 0.3 is 11.9 Å². The first-order chi connectivity index (χ1) is 17.7. The van der Waals surface area contributed by atoms with Crippen LogP contribution in [0.3, 0.4) is 0 Å². The number of esters is 1. The largest absolute Gasteiger partial charge is 0.481 e. The third-order valence-corrected chi connectivity index (χ3v) is 8.47. The molecule has 12 heteroatoms. The van der Waals surface area contributed by atoms with E-state index in [0.717, 1.165) is 6.42 Å². The van der Waals surface area contributed by atoms with Gasteiger partial charge in [0.25, 0.3) is 0 Å². The molecule has 202 valence electrons. The Hall–Kier alpha value is -2.86. The number of hydrogen-bond donors (Lipinski definition) is 2. The highest BCUT2D eigenvalue weighted by molar-refractivity contribution is 7.11. The molecule has 1 aromatic heterocycles. The van der Waals surface area contributed by atoms with Crippen molar-refractivity contribution in [2.45, 2.75) is 45.2 Å². The van der Waals surface area contributed by atoms with Crippen molar-refractivity contribution in [1.29, 1.82) is 0 Å². The van der Waals surface area contributed by atoms with E-state index in [4.69, 9.17) is 4.74 Å². The van der Waals surface area contributed by atoms with Crippen molar-refractivity contribution in [2.24, 2.45) is 16.3 Å². The molecule has 10 nitrogen and oxygen atoms in total. The van der Waals surface area contributed by atoms with Gasteiger partial charge in [-0.2, -0.15) is 0 Å². The highest BCUT2D eigenvalue weighted by atomic mass is 32.1. The highest BCUT2D eigenvalue weighted by Gasteiger charge is 2.47. The average molecular weight is 536 g/mol. The van der Waals surface area contributed by atoms with Crippen LogP contribution < -0.4 is 5.32 Å². The minimum atomic E-state index is -1.51. The second-order valence-electron chi connectivity index (χ2n) is 10.2. The summed E-state index contributed by atoms with van der Waals surface area (Å²) in [7, 11) is 0. The van der Waals surface area contributed by atoms with Gasteiger partial charge in [-0.05, 0) is 33.1 Å². The number of nitrogens with one attached hydrogen (secondary N) is 1. The van der Waals surface area contributed by atoms with Gasteiger partial charge < -0.3 is 20.1 Å². The molecule has 1 aliphatic carbocycles. The maximum atomic E-state index is 15.6. The molecule has 3 aliphatic rings. The summed E-state index contributed by atoms with van der Waals surface area (Å²) >= 11 is 1.43. The van der Waals surface area contributed by atoms with Crippen LogP contribution in [0.2, 0.25) is 0 Å². The minimum absolute atomic E-state index is 0.0891. The lowest BCUT2D eigenvalue weighted by molar-refractivity contribution is -0.157. The van der Waals surface area contributed by atoms with E-state index in [0.29, 0.717) is 61.0 Å². The molecule has 0 spiro atoms. The number of carbonyl (C=O) groups is 3. The smallest absolute Gasteiger partial charge is 0.337 e. The van der Waals surface area contributed by atoms with Gasteiger partial charge in [0.05, 0.1) is 24.1 Å². The van der Waals surface area contributed by atoms with Gasteiger partial charge in [-0.25, -0.2) is 14.2 Å². The lowest BCUT2D eigenvalue weighted by Crippen LogP contribution is -2.55. The quantitative estimate of drug-likeness (QED) is 0.326. The number of ether oxygens (including phenoxy) is 1. The monoisotopic (exact) mass is 535 g/mol. The Kier molecular flexibility index (Phi) is 8.27. The molecule has 2 atom stereocenters. The van der Waals surface area contributed by atoms with E-state index < -0.39 is 28.9 Å². The molecule has 4 rings (SSSR count). The fourth-order valence-electron chi connectivity index (χ4n) is 5.16. The molecular weight excluding hydrogens is 501 g/mol. The molecule has 0 radical (unpaired) electrons. The first-order valence-electron chi connectivity index (χ1n) is 12.6. The van der Waals surface area contributed by atoms with Gasteiger partial charge in [0.1, 0.15) is 5.67 Å². The number of likely N-dealkylation sites (tertiary alicyclic amines) is 1. The number of rotatable bonds is 11. The number of carbonyl (C=O) groups excluding carboxylic acids is 2. The summed E-state index contributed by atoms with van der Waals surface area (Å²) in [5.74, 6) is -1.28. The molecule has 1 amide bonds. The molecule has 1 aromatic rings. The van der Waals surface area contributed by atoms with Crippen molar-refractivity contribution >= 4 is 35.5 Å². The summed E-state index contributed by atoms with van der Waals surface area (Å²) in [6.45, 7) is 5.07.